The molecule has 0 aliphatic rings. The Bertz CT molecular complexity index is 1150. The minimum absolute atomic E-state index is 0.937. The SMILES string of the molecule is CC(=Nc1c(C)ccc2ccccc12)C(C)=Nc1c(C)ccc2ccccc12. The highest BCUT2D eigenvalue weighted by Gasteiger charge is 2.08. The fraction of sp³-hybridized carbons (Fsp3) is 0.154. The van der Waals surface area contributed by atoms with Gasteiger partial charge in [-0.15, -0.1) is 0 Å². The summed E-state index contributed by atoms with van der Waals surface area (Å²) >= 11 is 0. The molecule has 0 aromatic heterocycles. The lowest BCUT2D eigenvalue weighted by Gasteiger charge is -2.10. The van der Waals surface area contributed by atoms with Gasteiger partial charge in [0.25, 0.3) is 0 Å². The van der Waals surface area contributed by atoms with Crippen molar-refractivity contribution >= 4 is 44.3 Å². The van der Waals surface area contributed by atoms with Gasteiger partial charge in [0.15, 0.2) is 0 Å². The highest BCUT2D eigenvalue weighted by atomic mass is 14.8. The zero-order valence-electron chi connectivity index (χ0n) is 16.8. The second-order valence-electron chi connectivity index (χ2n) is 7.30. The first-order valence-corrected chi connectivity index (χ1v) is 9.62. The van der Waals surface area contributed by atoms with Gasteiger partial charge in [-0.1, -0.05) is 72.8 Å². The highest BCUT2D eigenvalue weighted by molar-refractivity contribution is 6.42. The Balaban J connectivity index is 1.83. The van der Waals surface area contributed by atoms with Gasteiger partial charge in [-0.2, -0.15) is 0 Å². The Labute approximate surface area is 166 Å². The maximum atomic E-state index is 4.98. The Morgan fingerprint density at radius 3 is 1.36 bits per heavy atom. The third-order valence-corrected chi connectivity index (χ3v) is 5.29. The van der Waals surface area contributed by atoms with E-state index in [4.69, 9.17) is 9.98 Å². The summed E-state index contributed by atoms with van der Waals surface area (Å²) < 4.78 is 0. The molecule has 0 atom stereocenters. The van der Waals surface area contributed by atoms with E-state index in [-0.39, 0.29) is 0 Å². The van der Waals surface area contributed by atoms with Gasteiger partial charge >= 0.3 is 0 Å². The molecule has 4 aromatic rings. The minimum Gasteiger partial charge on any atom is -0.251 e. The van der Waals surface area contributed by atoms with Crippen molar-refractivity contribution in [1.82, 2.24) is 0 Å². The van der Waals surface area contributed by atoms with Gasteiger partial charge in [0.05, 0.1) is 22.8 Å². The van der Waals surface area contributed by atoms with E-state index in [0.717, 1.165) is 22.8 Å². The van der Waals surface area contributed by atoms with Crippen molar-refractivity contribution in [3.05, 3.63) is 83.9 Å². The normalized spacial score (nSPS) is 12.7. The van der Waals surface area contributed by atoms with E-state index in [2.05, 4.69) is 86.6 Å². The molecule has 0 bridgehead atoms. The van der Waals surface area contributed by atoms with Crippen LogP contribution in [0.25, 0.3) is 21.5 Å². The van der Waals surface area contributed by atoms with Gasteiger partial charge in [0.2, 0.25) is 0 Å². The monoisotopic (exact) mass is 364 g/mol. The molecule has 4 aromatic carbocycles. The zero-order valence-corrected chi connectivity index (χ0v) is 16.8. The molecule has 2 nitrogen and oxygen atoms in total. The van der Waals surface area contributed by atoms with Gasteiger partial charge in [-0.25, -0.2) is 0 Å². The molecule has 0 aliphatic heterocycles. The maximum Gasteiger partial charge on any atom is 0.0741 e. The van der Waals surface area contributed by atoms with E-state index in [1.54, 1.807) is 0 Å². The van der Waals surface area contributed by atoms with Gasteiger partial charge in [-0.05, 0) is 49.6 Å². The third kappa shape index (κ3) is 3.34. The third-order valence-electron chi connectivity index (χ3n) is 5.29. The molecule has 2 heteroatoms. The standard InChI is InChI=1S/C26H24N2/c1-17-13-15-21-9-5-7-11-23(21)25(17)27-19(3)20(4)28-26-18(2)14-16-22-10-6-8-12-24(22)26/h5-16H,1-4H3. The Hall–Kier alpha value is -3.26. The quantitative estimate of drug-likeness (QED) is 0.336. The molecule has 0 unspecified atom stereocenters. The van der Waals surface area contributed by atoms with E-state index in [0.29, 0.717) is 0 Å². The van der Waals surface area contributed by atoms with E-state index in [1.807, 2.05) is 13.8 Å². The smallest absolute Gasteiger partial charge is 0.0741 e. The number of aryl methyl sites for hydroxylation is 2. The Kier molecular flexibility index (Phi) is 4.79. The summed E-state index contributed by atoms with van der Waals surface area (Å²) in [5.74, 6) is 0. The van der Waals surface area contributed by atoms with Crippen LogP contribution in [0.4, 0.5) is 11.4 Å². The molecule has 0 fully saturated rings. The summed E-state index contributed by atoms with van der Waals surface area (Å²) in [6, 6.07) is 25.4. The predicted molar refractivity (Wildman–Crippen MR) is 123 cm³/mol. The van der Waals surface area contributed by atoms with Crippen molar-refractivity contribution in [3.8, 4) is 0 Å². The van der Waals surface area contributed by atoms with Crippen LogP contribution in [0.1, 0.15) is 25.0 Å². The van der Waals surface area contributed by atoms with Crippen LogP contribution in [0.5, 0.6) is 0 Å². The molecule has 4 rings (SSSR count). The van der Waals surface area contributed by atoms with Crippen molar-refractivity contribution in [3.63, 3.8) is 0 Å². The average Bonchev–Trinajstić information content (AvgIpc) is 2.72. The summed E-state index contributed by atoms with van der Waals surface area (Å²) in [5.41, 5.74) is 6.28. The van der Waals surface area contributed by atoms with Crippen molar-refractivity contribution < 1.29 is 0 Å². The van der Waals surface area contributed by atoms with Crippen LogP contribution in [0.2, 0.25) is 0 Å². The molecule has 0 saturated heterocycles. The van der Waals surface area contributed by atoms with Crippen LogP contribution in [0.3, 0.4) is 0 Å². The van der Waals surface area contributed by atoms with Crippen molar-refractivity contribution in [2.75, 3.05) is 0 Å². The van der Waals surface area contributed by atoms with Gasteiger partial charge in [-0.3, -0.25) is 9.98 Å². The minimum atomic E-state index is 0.937. The molecular formula is C26H24N2. The second kappa shape index (κ2) is 7.40. The Morgan fingerprint density at radius 2 is 0.929 bits per heavy atom. The largest absolute Gasteiger partial charge is 0.251 e. The van der Waals surface area contributed by atoms with Crippen LogP contribution in [0, 0.1) is 13.8 Å². The first-order chi connectivity index (χ1) is 13.5. The maximum absolute atomic E-state index is 4.98. The number of rotatable bonds is 3. The zero-order chi connectivity index (χ0) is 19.7. The highest BCUT2D eigenvalue weighted by Crippen LogP contribution is 2.32. The van der Waals surface area contributed by atoms with E-state index >= 15 is 0 Å². The van der Waals surface area contributed by atoms with Crippen LogP contribution >= 0.6 is 0 Å². The summed E-state index contributed by atoms with van der Waals surface area (Å²) in [7, 11) is 0. The van der Waals surface area contributed by atoms with Gasteiger partial charge < -0.3 is 0 Å². The predicted octanol–water partition coefficient (Wildman–Crippen LogP) is 7.49. The molecule has 0 radical (unpaired) electrons. The lowest BCUT2D eigenvalue weighted by molar-refractivity contribution is 1.41. The molecule has 138 valence electrons. The molecule has 0 N–H and O–H groups in total. The van der Waals surface area contributed by atoms with Crippen LogP contribution < -0.4 is 0 Å². The summed E-state index contributed by atoms with van der Waals surface area (Å²) in [6.07, 6.45) is 0. The number of hydrogen-bond acceptors (Lipinski definition) is 2. The molecular weight excluding hydrogens is 340 g/mol. The fourth-order valence-corrected chi connectivity index (χ4v) is 3.52. The molecule has 0 saturated carbocycles. The van der Waals surface area contributed by atoms with Gasteiger partial charge in [0.1, 0.15) is 0 Å². The number of hydrogen-bond donors (Lipinski definition) is 0. The van der Waals surface area contributed by atoms with Crippen LogP contribution in [-0.2, 0) is 0 Å². The van der Waals surface area contributed by atoms with Crippen molar-refractivity contribution in [2.24, 2.45) is 9.98 Å². The lowest BCUT2D eigenvalue weighted by Crippen LogP contribution is -2.05. The molecule has 0 amide bonds. The summed E-state index contributed by atoms with van der Waals surface area (Å²) in [5, 5.41) is 4.77. The van der Waals surface area contributed by atoms with Crippen LogP contribution in [0.15, 0.2) is 82.8 Å². The lowest BCUT2D eigenvalue weighted by atomic mass is 10.0. The Morgan fingerprint density at radius 1 is 0.536 bits per heavy atom. The summed E-state index contributed by atoms with van der Waals surface area (Å²) in [4.78, 5) is 9.96. The number of aliphatic imine (C=N–C) groups is 2. The van der Waals surface area contributed by atoms with E-state index < -0.39 is 0 Å². The topological polar surface area (TPSA) is 24.7 Å². The first-order valence-electron chi connectivity index (χ1n) is 9.62. The molecule has 0 aliphatic carbocycles. The van der Waals surface area contributed by atoms with Crippen LogP contribution in [-0.4, -0.2) is 11.4 Å². The molecule has 0 heterocycles. The number of benzene rings is 4. The first kappa shape index (κ1) is 18.1. The summed E-state index contributed by atoms with van der Waals surface area (Å²) in [6.45, 7) is 8.31. The number of nitrogens with zero attached hydrogens (tertiary/aromatic N) is 2. The van der Waals surface area contributed by atoms with Crippen molar-refractivity contribution in [1.29, 1.82) is 0 Å². The number of fused-ring (bicyclic) bond motifs is 2. The molecule has 0 spiro atoms. The molecule has 28 heavy (non-hydrogen) atoms. The fourth-order valence-electron chi connectivity index (χ4n) is 3.52. The van der Waals surface area contributed by atoms with E-state index in [1.165, 1.54) is 32.7 Å². The second-order valence-corrected chi connectivity index (χ2v) is 7.30. The average molecular weight is 364 g/mol. The van der Waals surface area contributed by atoms with Crippen molar-refractivity contribution in [2.45, 2.75) is 27.7 Å². The van der Waals surface area contributed by atoms with E-state index in [9.17, 15) is 0 Å². The van der Waals surface area contributed by atoms with Gasteiger partial charge in [0, 0.05) is 10.8 Å².